The van der Waals surface area contributed by atoms with Crippen LogP contribution in [0.3, 0.4) is 0 Å². The number of nitrogens with two attached hydrogens (primary N) is 1. The van der Waals surface area contributed by atoms with Crippen molar-refractivity contribution in [3.63, 3.8) is 0 Å². The Morgan fingerprint density at radius 1 is 1.32 bits per heavy atom. The predicted molar refractivity (Wildman–Crippen MR) is 89.3 cm³/mol. The molecule has 1 aromatic rings. The number of hydrogen-bond donors (Lipinski definition) is 2. The highest BCUT2D eigenvalue weighted by molar-refractivity contribution is 5.77. The third-order valence-corrected chi connectivity index (χ3v) is 4.25. The van der Waals surface area contributed by atoms with Gasteiger partial charge in [-0.25, -0.2) is 0 Å². The zero-order valence-corrected chi connectivity index (χ0v) is 15.1. The number of nitriles is 1. The van der Waals surface area contributed by atoms with Crippen LogP contribution in [0.4, 0.5) is 13.2 Å². The maximum atomic E-state index is 14.1. The minimum Gasteiger partial charge on any atom is -0.508 e. The summed E-state index contributed by atoms with van der Waals surface area (Å²) in [5.41, 5.74) is 5.40. The molecule has 0 amide bonds. The second-order valence-electron chi connectivity index (χ2n) is 5.89. The molecule has 0 spiro atoms. The molecule has 0 radical (unpaired) electrons. The zero-order valence-electron chi connectivity index (χ0n) is 15.1. The Kier molecular flexibility index (Phi) is 6.09. The van der Waals surface area contributed by atoms with Crippen molar-refractivity contribution in [3.05, 3.63) is 41.3 Å². The molecule has 3 atom stereocenters. The summed E-state index contributed by atoms with van der Waals surface area (Å²) in [4.78, 5) is 12.6. The smallest absolute Gasteiger partial charge is 0.456 e. The first-order valence-electron chi connectivity index (χ1n) is 8.37. The Labute approximate surface area is 159 Å². The Morgan fingerprint density at radius 3 is 2.39 bits per heavy atom. The normalized spacial score (nSPS) is 25.0. The molecule has 2 rings (SSSR count). The molecule has 1 aliphatic heterocycles. The molecule has 10 heteroatoms. The van der Waals surface area contributed by atoms with Gasteiger partial charge in [0, 0.05) is 12.5 Å². The largest absolute Gasteiger partial charge is 0.508 e. The van der Waals surface area contributed by atoms with Crippen molar-refractivity contribution in [3.8, 4) is 11.8 Å². The first-order chi connectivity index (χ1) is 13.1. The number of rotatable bonds is 5. The van der Waals surface area contributed by atoms with Gasteiger partial charge < -0.3 is 25.1 Å². The minimum absolute atomic E-state index is 0.131. The fourth-order valence-corrected chi connectivity index (χ4v) is 3.16. The van der Waals surface area contributed by atoms with Crippen molar-refractivity contribution >= 4 is 5.97 Å². The lowest BCUT2D eigenvalue weighted by Crippen LogP contribution is -2.62. The summed E-state index contributed by atoms with van der Waals surface area (Å²) in [5, 5.41) is 19.0. The quantitative estimate of drug-likeness (QED) is 0.730. The van der Waals surface area contributed by atoms with Crippen molar-refractivity contribution in [2.75, 3.05) is 13.2 Å². The summed E-state index contributed by atoms with van der Waals surface area (Å²) in [6.45, 7) is 2.09. The van der Waals surface area contributed by atoms with Gasteiger partial charge in [0.1, 0.15) is 17.7 Å². The van der Waals surface area contributed by atoms with E-state index < -0.39 is 42.3 Å². The summed E-state index contributed by atoms with van der Waals surface area (Å²) in [7, 11) is 0. The number of alkyl halides is 3. The Morgan fingerprint density at radius 2 is 1.93 bits per heavy atom. The van der Waals surface area contributed by atoms with Crippen LogP contribution in [0.1, 0.15) is 25.3 Å². The van der Waals surface area contributed by atoms with Crippen LogP contribution < -0.4 is 5.73 Å². The number of allylic oxidation sites excluding steroid dienone is 1. The second kappa shape index (κ2) is 7.98. The lowest BCUT2D eigenvalue weighted by atomic mass is 9.74. The minimum atomic E-state index is -5.18. The van der Waals surface area contributed by atoms with Gasteiger partial charge in [-0.05, 0) is 31.5 Å². The van der Waals surface area contributed by atoms with Gasteiger partial charge in [-0.15, -0.1) is 0 Å². The third kappa shape index (κ3) is 3.57. The number of hydrogen-bond acceptors (Lipinski definition) is 7. The molecule has 1 heterocycles. The van der Waals surface area contributed by atoms with Gasteiger partial charge in [0.2, 0.25) is 5.88 Å². The standard InChI is InChI=1S/C18H19F3N2O5/c1-3-26-16(25)14-13(10-5-7-11(24)8-6-10)12(9-22)15(23)28-17(14,27-4-2)18(19,20)21/h5-8,13-14,24H,3-4,23H2,1-2H3. The van der Waals surface area contributed by atoms with Crippen LogP contribution in [0.2, 0.25) is 0 Å². The number of ether oxygens (including phenoxy) is 3. The third-order valence-electron chi connectivity index (χ3n) is 4.25. The van der Waals surface area contributed by atoms with E-state index in [0.717, 1.165) is 0 Å². The van der Waals surface area contributed by atoms with Gasteiger partial charge in [0.25, 0.3) is 0 Å². The van der Waals surface area contributed by atoms with E-state index in [4.69, 9.17) is 19.9 Å². The van der Waals surface area contributed by atoms with Crippen LogP contribution in [0.25, 0.3) is 0 Å². The fraction of sp³-hybridized carbons (Fsp3) is 0.444. The van der Waals surface area contributed by atoms with Crippen LogP contribution in [0, 0.1) is 17.2 Å². The molecule has 0 aliphatic carbocycles. The lowest BCUT2D eigenvalue weighted by Gasteiger charge is -2.45. The van der Waals surface area contributed by atoms with Crippen molar-refractivity contribution < 1.29 is 37.3 Å². The SMILES string of the molecule is CCOC(=O)C1C(c2ccc(O)cc2)C(C#N)=C(N)OC1(OCC)C(F)(F)F. The molecule has 7 nitrogen and oxygen atoms in total. The van der Waals surface area contributed by atoms with Crippen molar-refractivity contribution in [1.29, 1.82) is 5.26 Å². The van der Waals surface area contributed by atoms with E-state index >= 15 is 0 Å². The van der Waals surface area contributed by atoms with E-state index in [1.807, 2.05) is 0 Å². The number of halogens is 3. The van der Waals surface area contributed by atoms with E-state index in [1.54, 1.807) is 6.07 Å². The highest BCUT2D eigenvalue weighted by atomic mass is 19.4. The van der Waals surface area contributed by atoms with Gasteiger partial charge in [-0.3, -0.25) is 4.79 Å². The molecule has 152 valence electrons. The number of benzene rings is 1. The van der Waals surface area contributed by atoms with Gasteiger partial charge in [-0.2, -0.15) is 18.4 Å². The average Bonchev–Trinajstić information content (AvgIpc) is 2.61. The van der Waals surface area contributed by atoms with E-state index in [9.17, 15) is 28.3 Å². The molecule has 3 N–H and O–H groups in total. The monoisotopic (exact) mass is 400 g/mol. The second-order valence-corrected chi connectivity index (χ2v) is 5.89. The van der Waals surface area contributed by atoms with Crippen LogP contribution in [-0.2, 0) is 19.0 Å². The van der Waals surface area contributed by atoms with Gasteiger partial charge in [-0.1, -0.05) is 12.1 Å². The maximum absolute atomic E-state index is 14.1. The van der Waals surface area contributed by atoms with Crippen LogP contribution in [-0.4, -0.2) is 36.3 Å². The van der Waals surface area contributed by atoms with E-state index in [0.29, 0.717) is 0 Å². The van der Waals surface area contributed by atoms with Crippen molar-refractivity contribution in [1.82, 2.24) is 0 Å². The summed E-state index contributed by atoms with van der Waals surface area (Å²) < 4.78 is 57.1. The molecule has 28 heavy (non-hydrogen) atoms. The molecular formula is C18H19F3N2O5. The van der Waals surface area contributed by atoms with E-state index in [1.165, 1.54) is 38.1 Å². The van der Waals surface area contributed by atoms with E-state index in [2.05, 4.69) is 0 Å². The number of aromatic hydroxyl groups is 1. The molecule has 1 aliphatic rings. The van der Waals surface area contributed by atoms with Gasteiger partial charge >= 0.3 is 17.9 Å². The number of esters is 1. The molecule has 0 aromatic heterocycles. The van der Waals surface area contributed by atoms with Crippen molar-refractivity contribution in [2.45, 2.75) is 31.7 Å². The number of carbonyl (C=O) groups excluding carboxylic acids is 1. The van der Waals surface area contributed by atoms with Crippen molar-refractivity contribution in [2.24, 2.45) is 11.7 Å². The molecular weight excluding hydrogens is 381 g/mol. The lowest BCUT2D eigenvalue weighted by molar-refractivity contribution is -0.391. The Balaban J connectivity index is 2.82. The van der Waals surface area contributed by atoms with Gasteiger partial charge in [0.15, 0.2) is 0 Å². The van der Waals surface area contributed by atoms with E-state index in [-0.39, 0.29) is 23.5 Å². The molecule has 0 saturated heterocycles. The summed E-state index contributed by atoms with van der Waals surface area (Å²) >= 11 is 0. The summed E-state index contributed by atoms with van der Waals surface area (Å²) in [6.07, 6.45) is -5.18. The summed E-state index contributed by atoms with van der Waals surface area (Å²) in [5.74, 6) is -9.21. The molecule has 3 unspecified atom stereocenters. The highest BCUT2D eigenvalue weighted by Gasteiger charge is 2.71. The zero-order chi connectivity index (χ0) is 21.1. The molecule has 1 aromatic carbocycles. The number of nitrogens with zero attached hydrogens (tertiary/aromatic N) is 1. The van der Waals surface area contributed by atoms with Gasteiger partial charge in [0.05, 0.1) is 12.2 Å². The summed E-state index contributed by atoms with van der Waals surface area (Å²) in [6, 6.07) is 6.72. The molecule has 0 fully saturated rings. The van der Waals surface area contributed by atoms with Crippen LogP contribution in [0.15, 0.2) is 35.7 Å². The first kappa shape index (κ1) is 21.4. The highest BCUT2D eigenvalue weighted by Crippen LogP contribution is 2.53. The molecule has 0 saturated carbocycles. The predicted octanol–water partition coefficient (Wildman–Crippen LogP) is 2.67. The maximum Gasteiger partial charge on any atom is 0.456 e. The van der Waals surface area contributed by atoms with Crippen LogP contribution >= 0.6 is 0 Å². The Hall–Kier alpha value is -2.93. The molecule has 0 bridgehead atoms. The first-order valence-corrected chi connectivity index (χ1v) is 8.37. The topological polar surface area (TPSA) is 115 Å². The number of phenols is 1. The van der Waals surface area contributed by atoms with Crippen LogP contribution in [0.5, 0.6) is 5.75 Å². The number of carbonyl (C=O) groups is 1. The fourth-order valence-electron chi connectivity index (χ4n) is 3.16. The Bertz CT molecular complexity index is 801. The number of phenolic OH excluding ortho intramolecular Hbond substituents is 1. The average molecular weight is 400 g/mol.